The number of nitrogens with zero attached hydrogens (tertiary/aromatic N) is 1. The number of oxazole rings is 1. The van der Waals surface area contributed by atoms with Crippen LogP contribution in [-0.4, -0.2) is 41.1 Å². The average Bonchev–Trinajstić information content (AvgIpc) is 3.26. The Balaban J connectivity index is 1.65. The third kappa shape index (κ3) is 7.54. The van der Waals surface area contributed by atoms with Gasteiger partial charge in [-0.15, -0.1) is 0 Å². The lowest BCUT2D eigenvalue weighted by molar-refractivity contribution is -0.141. The average molecular weight is 470 g/mol. The van der Waals surface area contributed by atoms with Crippen molar-refractivity contribution in [1.29, 1.82) is 0 Å². The number of Topliss-reactive ketones (excluding diaryl/α,β-unsaturated/α-hetero) is 2. The molecule has 0 saturated heterocycles. The molecule has 34 heavy (non-hydrogen) atoms. The van der Waals surface area contributed by atoms with Crippen molar-refractivity contribution in [2.24, 2.45) is 11.8 Å². The number of aryl methyl sites for hydroxylation is 1. The Morgan fingerprint density at radius 1 is 1.21 bits per heavy atom. The van der Waals surface area contributed by atoms with Gasteiger partial charge in [-0.25, -0.2) is 9.78 Å². The Kier molecular flexibility index (Phi) is 8.95. The summed E-state index contributed by atoms with van der Waals surface area (Å²) in [7, 11) is 0. The second-order valence-electron chi connectivity index (χ2n) is 8.90. The van der Waals surface area contributed by atoms with Crippen molar-refractivity contribution < 1.29 is 28.3 Å². The van der Waals surface area contributed by atoms with Crippen molar-refractivity contribution in [3.63, 3.8) is 0 Å². The van der Waals surface area contributed by atoms with Crippen LogP contribution >= 0.6 is 0 Å². The highest BCUT2D eigenvalue weighted by molar-refractivity contribution is 6.37. The molecule has 1 aliphatic rings. The van der Waals surface area contributed by atoms with E-state index in [-0.39, 0.29) is 37.7 Å². The van der Waals surface area contributed by atoms with Crippen LogP contribution in [0.15, 0.2) is 41.0 Å². The fourth-order valence-corrected chi connectivity index (χ4v) is 3.82. The van der Waals surface area contributed by atoms with E-state index in [0.29, 0.717) is 30.8 Å². The number of amides is 2. The first-order valence-electron chi connectivity index (χ1n) is 11.6. The van der Waals surface area contributed by atoms with E-state index in [4.69, 9.17) is 9.15 Å². The lowest BCUT2D eigenvalue weighted by Gasteiger charge is -2.22. The molecule has 1 aliphatic heterocycles. The molecule has 3 rings (SSSR count). The highest BCUT2D eigenvalue weighted by atomic mass is 16.5. The molecule has 0 saturated carbocycles. The number of carbonyl (C=O) groups is 4. The maximum absolute atomic E-state index is 13.2. The van der Waals surface area contributed by atoms with Crippen LogP contribution in [-0.2, 0) is 38.6 Å². The van der Waals surface area contributed by atoms with Gasteiger partial charge in [0.25, 0.3) is 5.91 Å². The van der Waals surface area contributed by atoms with E-state index in [1.165, 1.54) is 6.26 Å². The normalized spacial score (nSPS) is 17.4. The van der Waals surface area contributed by atoms with Crippen LogP contribution in [0, 0.1) is 11.8 Å². The first-order valence-corrected chi connectivity index (χ1v) is 11.6. The molecule has 0 aliphatic carbocycles. The zero-order chi connectivity index (χ0) is 24.5. The van der Waals surface area contributed by atoms with E-state index >= 15 is 0 Å². The van der Waals surface area contributed by atoms with Crippen LogP contribution in [0.3, 0.4) is 0 Å². The van der Waals surface area contributed by atoms with Crippen molar-refractivity contribution in [3.05, 3.63) is 53.7 Å². The summed E-state index contributed by atoms with van der Waals surface area (Å²) in [5.41, 5.74) is 1.50. The lowest BCUT2D eigenvalue weighted by atomic mass is 9.87. The number of nitrogens with one attached hydrogen (secondary N) is 2. The monoisotopic (exact) mass is 469 g/mol. The van der Waals surface area contributed by atoms with E-state index in [9.17, 15) is 19.2 Å². The first kappa shape index (κ1) is 25.1. The number of fused-ring (bicyclic) bond motifs is 2. The summed E-state index contributed by atoms with van der Waals surface area (Å²) in [5.74, 6) is -1.88. The molecule has 1 aromatic heterocycles. The molecule has 2 bridgehead atoms. The maximum atomic E-state index is 13.2. The standard InChI is InChI=1S/C25H31N3O6/c1-16(2)12-20(28-25(32)34-14-17-6-4-3-5-7-17)21(29)13-18-8-9-19-15-33-22(27-19)10-11-26-24(31)23(18)30/h3-7,15-16,18,20H,8-14H2,1-2H3,(H,26,31)(H,28,32). The van der Waals surface area contributed by atoms with E-state index in [1.54, 1.807) is 0 Å². The molecule has 0 fully saturated rings. The van der Waals surface area contributed by atoms with Crippen LogP contribution < -0.4 is 10.6 Å². The Morgan fingerprint density at radius 2 is 1.97 bits per heavy atom. The van der Waals surface area contributed by atoms with E-state index < -0.39 is 29.7 Å². The summed E-state index contributed by atoms with van der Waals surface area (Å²) in [6.45, 7) is 4.17. The maximum Gasteiger partial charge on any atom is 0.408 e. The van der Waals surface area contributed by atoms with Crippen molar-refractivity contribution in [2.45, 2.75) is 58.6 Å². The molecule has 2 atom stereocenters. The Labute approximate surface area is 198 Å². The summed E-state index contributed by atoms with van der Waals surface area (Å²) in [6, 6.07) is 8.40. The number of carbonyl (C=O) groups excluding carboxylic acids is 4. The Hall–Kier alpha value is -3.49. The van der Waals surface area contributed by atoms with Gasteiger partial charge >= 0.3 is 6.09 Å². The molecule has 9 nitrogen and oxygen atoms in total. The van der Waals surface area contributed by atoms with E-state index in [1.807, 2.05) is 44.2 Å². The van der Waals surface area contributed by atoms with Crippen LogP contribution in [0.4, 0.5) is 4.79 Å². The van der Waals surface area contributed by atoms with Gasteiger partial charge in [0.15, 0.2) is 11.7 Å². The minimum atomic E-state index is -0.823. The van der Waals surface area contributed by atoms with Crippen LogP contribution in [0.1, 0.15) is 50.3 Å². The van der Waals surface area contributed by atoms with Gasteiger partial charge in [-0.3, -0.25) is 14.4 Å². The van der Waals surface area contributed by atoms with Crippen LogP contribution in [0.5, 0.6) is 0 Å². The van der Waals surface area contributed by atoms with Gasteiger partial charge in [0.1, 0.15) is 12.9 Å². The predicted octanol–water partition coefficient (Wildman–Crippen LogP) is 2.77. The predicted molar refractivity (Wildman–Crippen MR) is 123 cm³/mol. The summed E-state index contributed by atoms with van der Waals surface area (Å²) < 4.78 is 10.6. The van der Waals surface area contributed by atoms with Gasteiger partial charge in [0.2, 0.25) is 5.78 Å². The van der Waals surface area contributed by atoms with Crippen molar-refractivity contribution >= 4 is 23.6 Å². The van der Waals surface area contributed by atoms with Gasteiger partial charge in [0.05, 0.1) is 11.7 Å². The number of alkyl carbamates (subject to hydrolysis) is 1. The third-order valence-electron chi connectivity index (χ3n) is 5.62. The summed E-state index contributed by atoms with van der Waals surface area (Å²) in [5, 5.41) is 5.21. The highest BCUT2D eigenvalue weighted by Gasteiger charge is 2.32. The number of hydrogen-bond acceptors (Lipinski definition) is 7. The minimum Gasteiger partial charge on any atom is -0.449 e. The Morgan fingerprint density at radius 3 is 2.71 bits per heavy atom. The van der Waals surface area contributed by atoms with Gasteiger partial charge in [-0.1, -0.05) is 44.2 Å². The summed E-state index contributed by atoms with van der Waals surface area (Å²) in [6.07, 6.45) is 2.12. The second-order valence-corrected chi connectivity index (χ2v) is 8.90. The molecule has 2 amide bonds. The number of rotatable bonds is 8. The molecule has 0 spiro atoms. The van der Waals surface area contributed by atoms with Gasteiger partial charge < -0.3 is 19.8 Å². The van der Waals surface area contributed by atoms with Crippen LogP contribution in [0.2, 0.25) is 0 Å². The van der Waals surface area contributed by atoms with Gasteiger partial charge in [-0.05, 0) is 30.7 Å². The molecule has 0 radical (unpaired) electrons. The summed E-state index contributed by atoms with van der Waals surface area (Å²) >= 11 is 0. The zero-order valence-electron chi connectivity index (χ0n) is 19.5. The number of aromatic nitrogens is 1. The topological polar surface area (TPSA) is 128 Å². The second kappa shape index (κ2) is 12.1. The van der Waals surface area contributed by atoms with Gasteiger partial charge in [0, 0.05) is 25.3 Å². The molecule has 9 heteroatoms. The van der Waals surface area contributed by atoms with E-state index in [0.717, 1.165) is 5.56 Å². The molecule has 2 unspecified atom stereocenters. The fraction of sp³-hybridized carbons (Fsp3) is 0.480. The number of ether oxygens (including phenoxy) is 1. The number of hydrogen-bond donors (Lipinski definition) is 2. The third-order valence-corrected chi connectivity index (χ3v) is 5.62. The highest BCUT2D eigenvalue weighted by Crippen LogP contribution is 2.19. The molecule has 182 valence electrons. The molecule has 2 heterocycles. The quantitative estimate of drug-likeness (QED) is 0.569. The van der Waals surface area contributed by atoms with Crippen LogP contribution in [0.25, 0.3) is 0 Å². The van der Waals surface area contributed by atoms with Crippen molar-refractivity contribution in [1.82, 2.24) is 15.6 Å². The minimum absolute atomic E-state index is 0.0796. The summed E-state index contributed by atoms with van der Waals surface area (Å²) in [4.78, 5) is 55.0. The smallest absolute Gasteiger partial charge is 0.408 e. The molecular weight excluding hydrogens is 438 g/mol. The van der Waals surface area contributed by atoms with Crippen molar-refractivity contribution in [3.8, 4) is 0 Å². The Bertz CT molecular complexity index is 1000. The van der Waals surface area contributed by atoms with Gasteiger partial charge in [-0.2, -0.15) is 0 Å². The van der Waals surface area contributed by atoms with Crippen molar-refractivity contribution in [2.75, 3.05) is 6.54 Å². The lowest BCUT2D eigenvalue weighted by Crippen LogP contribution is -2.44. The number of benzene rings is 1. The largest absolute Gasteiger partial charge is 0.449 e. The fourth-order valence-electron chi connectivity index (χ4n) is 3.82. The molecular formula is C25H31N3O6. The van der Waals surface area contributed by atoms with E-state index in [2.05, 4.69) is 15.6 Å². The molecule has 2 N–H and O–H groups in total. The molecule has 1 aromatic carbocycles. The molecule has 2 aromatic rings. The zero-order valence-corrected chi connectivity index (χ0v) is 19.5. The first-order chi connectivity index (χ1) is 16.3. The SMILES string of the molecule is CC(C)CC(NC(=O)OCc1ccccc1)C(=O)CC1CCc2coc(n2)CCNC(=O)C1=O. The number of ketones is 2.